The molecule has 1 amide bonds. The van der Waals surface area contributed by atoms with Gasteiger partial charge in [0.15, 0.2) is 0 Å². The number of hydrogen-bond acceptors (Lipinski definition) is 3. The molecule has 8 heteroatoms. The fourth-order valence-electron chi connectivity index (χ4n) is 3.28. The average molecular weight is 436 g/mol. The topological polar surface area (TPSA) is 46.8 Å². The molecule has 0 fully saturated rings. The minimum absolute atomic E-state index is 0.0201. The van der Waals surface area contributed by atoms with E-state index < -0.39 is 6.67 Å². The summed E-state index contributed by atoms with van der Waals surface area (Å²) in [6.07, 6.45) is 1.99. The van der Waals surface area contributed by atoms with E-state index in [1.165, 1.54) is 0 Å². The number of aromatic nitrogens is 2. The molecule has 0 radical (unpaired) electrons. The zero-order chi connectivity index (χ0) is 21.0. The van der Waals surface area contributed by atoms with Crippen molar-refractivity contribution in [1.29, 1.82) is 0 Å². The molecule has 3 aromatic rings. The first-order valence-corrected chi connectivity index (χ1v) is 10.5. The van der Waals surface area contributed by atoms with Gasteiger partial charge in [-0.25, -0.2) is 9.37 Å². The lowest BCUT2D eigenvalue weighted by Gasteiger charge is -2.19. The Morgan fingerprint density at radius 3 is 2.59 bits per heavy atom. The number of imidazole rings is 1. The third-order valence-electron chi connectivity index (χ3n) is 4.72. The molecule has 154 valence electrons. The van der Waals surface area contributed by atoms with Gasteiger partial charge in [0, 0.05) is 30.2 Å². The Morgan fingerprint density at radius 2 is 1.97 bits per heavy atom. The second kappa shape index (κ2) is 9.55. The molecule has 2 heterocycles. The van der Waals surface area contributed by atoms with Crippen molar-refractivity contribution < 1.29 is 13.9 Å². The summed E-state index contributed by atoms with van der Waals surface area (Å²) in [4.78, 5) is 19.4. The SMILES string of the molecule is CCN(CC)C(=O)Cc1c(-c2ccc(OCCF)cc2)nc2c(P)cc(Cl)cn12. The van der Waals surface area contributed by atoms with Crippen molar-refractivity contribution in [2.45, 2.75) is 20.3 Å². The molecule has 0 aliphatic heterocycles. The lowest BCUT2D eigenvalue weighted by Crippen LogP contribution is -2.32. The molecule has 0 N–H and O–H groups in total. The van der Waals surface area contributed by atoms with Crippen LogP contribution in [0.1, 0.15) is 19.5 Å². The van der Waals surface area contributed by atoms with Crippen molar-refractivity contribution in [3.63, 3.8) is 0 Å². The summed E-state index contributed by atoms with van der Waals surface area (Å²) in [6.45, 7) is 4.71. The fourth-order valence-corrected chi connectivity index (χ4v) is 3.98. The second-order valence-electron chi connectivity index (χ2n) is 6.52. The molecule has 0 saturated heterocycles. The first-order chi connectivity index (χ1) is 14.0. The van der Waals surface area contributed by atoms with Crippen LogP contribution in [0.5, 0.6) is 5.75 Å². The van der Waals surface area contributed by atoms with Crippen LogP contribution in [-0.4, -0.2) is 46.6 Å². The van der Waals surface area contributed by atoms with Gasteiger partial charge in [0.05, 0.1) is 22.8 Å². The second-order valence-corrected chi connectivity index (χ2v) is 7.58. The Hall–Kier alpha value is -2.17. The average Bonchev–Trinajstić information content (AvgIpc) is 3.06. The molecule has 3 rings (SSSR count). The Kier molecular flexibility index (Phi) is 7.09. The van der Waals surface area contributed by atoms with E-state index in [0.717, 1.165) is 22.2 Å². The maximum atomic E-state index is 12.8. The highest BCUT2D eigenvalue weighted by molar-refractivity contribution is 7.28. The van der Waals surface area contributed by atoms with Crippen LogP contribution in [0, 0.1) is 0 Å². The van der Waals surface area contributed by atoms with Gasteiger partial charge in [0.2, 0.25) is 5.91 Å². The van der Waals surface area contributed by atoms with Gasteiger partial charge in [-0.15, -0.1) is 9.24 Å². The summed E-state index contributed by atoms with van der Waals surface area (Å²) >= 11 is 6.27. The van der Waals surface area contributed by atoms with Crippen molar-refractivity contribution in [1.82, 2.24) is 14.3 Å². The molecule has 0 saturated carbocycles. The van der Waals surface area contributed by atoms with Crippen LogP contribution < -0.4 is 10.0 Å². The van der Waals surface area contributed by atoms with Crippen molar-refractivity contribution in [2.24, 2.45) is 0 Å². The molecule has 0 aliphatic carbocycles. The molecule has 0 aliphatic rings. The third-order valence-corrected chi connectivity index (χ3v) is 5.35. The zero-order valence-corrected chi connectivity index (χ0v) is 18.4. The quantitative estimate of drug-likeness (QED) is 0.504. The number of carbonyl (C=O) groups is 1. The summed E-state index contributed by atoms with van der Waals surface area (Å²) in [6, 6.07) is 9.11. The van der Waals surface area contributed by atoms with E-state index in [-0.39, 0.29) is 18.9 Å². The maximum Gasteiger partial charge on any atom is 0.228 e. The zero-order valence-electron chi connectivity index (χ0n) is 16.5. The van der Waals surface area contributed by atoms with Gasteiger partial charge in [-0.05, 0) is 44.2 Å². The Bertz CT molecular complexity index is 1000. The normalized spacial score (nSPS) is 11.1. The highest BCUT2D eigenvalue weighted by atomic mass is 35.5. The van der Waals surface area contributed by atoms with E-state index in [4.69, 9.17) is 21.3 Å². The number of likely N-dealkylation sites (N-methyl/N-ethyl adjacent to an activating group) is 1. The fraction of sp³-hybridized carbons (Fsp3) is 0.333. The predicted molar refractivity (Wildman–Crippen MR) is 118 cm³/mol. The van der Waals surface area contributed by atoms with E-state index in [0.29, 0.717) is 29.6 Å². The standard InChI is InChI=1S/C21H24ClFN3O2P/c1-3-25(4-2)19(27)12-17-20(14-5-7-16(8-6-14)28-10-9-23)24-21-18(29)11-15(22)13-26(17)21/h5-8,11,13H,3-4,9-10,12,29H2,1-2H3. The number of pyridine rings is 1. The van der Waals surface area contributed by atoms with Crippen LogP contribution in [0.4, 0.5) is 4.39 Å². The molecule has 0 bridgehead atoms. The van der Waals surface area contributed by atoms with Gasteiger partial charge >= 0.3 is 0 Å². The summed E-state index contributed by atoms with van der Waals surface area (Å²) in [5.74, 6) is 0.622. The van der Waals surface area contributed by atoms with Gasteiger partial charge in [-0.2, -0.15) is 0 Å². The third kappa shape index (κ3) is 4.71. The monoisotopic (exact) mass is 435 g/mol. The number of alkyl halides is 1. The van der Waals surface area contributed by atoms with Gasteiger partial charge in [-0.3, -0.25) is 4.79 Å². The Labute approximate surface area is 177 Å². The highest BCUT2D eigenvalue weighted by Gasteiger charge is 2.21. The number of fused-ring (bicyclic) bond motifs is 1. The Morgan fingerprint density at radius 1 is 1.28 bits per heavy atom. The molecule has 29 heavy (non-hydrogen) atoms. The van der Waals surface area contributed by atoms with E-state index in [1.54, 1.807) is 23.2 Å². The summed E-state index contributed by atoms with van der Waals surface area (Å²) < 4.78 is 19.5. The maximum absolute atomic E-state index is 12.8. The summed E-state index contributed by atoms with van der Waals surface area (Å²) in [5, 5.41) is 1.42. The molecule has 1 atom stereocenters. The molecule has 2 aromatic heterocycles. The van der Waals surface area contributed by atoms with E-state index in [2.05, 4.69) is 9.24 Å². The van der Waals surface area contributed by atoms with Crippen molar-refractivity contribution in [2.75, 3.05) is 26.4 Å². The van der Waals surface area contributed by atoms with E-state index >= 15 is 0 Å². The molecule has 0 spiro atoms. The largest absolute Gasteiger partial charge is 0.491 e. The van der Waals surface area contributed by atoms with Crippen molar-refractivity contribution in [3.05, 3.63) is 47.2 Å². The van der Waals surface area contributed by atoms with Gasteiger partial charge in [-0.1, -0.05) is 11.6 Å². The summed E-state index contributed by atoms with van der Waals surface area (Å²) in [7, 11) is 2.64. The number of halogens is 2. The Balaban J connectivity index is 2.08. The predicted octanol–water partition coefficient (Wildman–Crippen LogP) is 3.91. The smallest absolute Gasteiger partial charge is 0.228 e. The number of hydrogen-bond donors (Lipinski definition) is 0. The molecule has 5 nitrogen and oxygen atoms in total. The van der Waals surface area contributed by atoms with Crippen LogP contribution in [0.3, 0.4) is 0 Å². The number of benzene rings is 1. The number of carbonyl (C=O) groups excluding carboxylic acids is 1. The van der Waals surface area contributed by atoms with Gasteiger partial charge < -0.3 is 14.0 Å². The summed E-state index contributed by atoms with van der Waals surface area (Å²) in [5.41, 5.74) is 3.08. The van der Waals surface area contributed by atoms with Gasteiger partial charge in [0.1, 0.15) is 24.7 Å². The van der Waals surface area contributed by atoms with Crippen LogP contribution in [-0.2, 0) is 11.2 Å². The van der Waals surface area contributed by atoms with Crippen LogP contribution in [0.2, 0.25) is 5.02 Å². The molecule has 1 unspecified atom stereocenters. The van der Waals surface area contributed by atoms with Gasteiger partial charge in [0.25, 0.3) is 0 Å². The number of rotatable bonds is 8. The number of amides is 1. The minimum atomic E-state index is -0.538. The molecular formula is C21H24ClFN3O2P. The first-order valence-electron chi connectivity index (χ1n) is 9.51. The first kappa shape index (κ1) is 21.5. The van der Waals surface area contributed by atoms with Crippen LogP contribution in [0.15, 0.2) is 36.5 Å². The lowest BCUT2D eigenvalue weighted by atomic mass is 10.1. The number of nitrogens with zero attached hydrogens (tertiary/aromatic N) is 3. The molecular weight excluding hydrogens is 412 g/mol. The minimum Gasteiger partial charge on any atom is -0.491 e. The highest BCUT2D eigenvalue weighted by Crippen LogP contribution is 2.28. The van der Waals surface area contributed by atoms with Crippen molar-refractivity contribution in [3.8, 4) is 17.0 Å². The number of ether oxygens (including phenoxy) is 1. The van der Waals surface area contributed by atoms with Crippen LogP contribution >= 0.6 is 20.8 Å². The van der Waals surface area contributed by atoms with E-state index in [9.17, 15) is 9.18 Å². The molecule has 1 aromatic carbocycles. The lowest BCUT2D eigenvalue weighted by molar-refractivity contribution is -0.130. The van der Waals surface area contributed by atoms with Crippen molar-refractivity contribution >= 4 is 37.7 Å². The van der Waals surface area contributed by atoms with Crippen LogP contribution in [0.25, 0.3) is 16.9 Å². The van der Waals surface area contributed by atoms with E-state index in [1.807, 2.05) is 36.4 Å².